The normalized spacial score (nSPS) is 10.4. The average Bonchev–Trinajstić information content (AvgIpc) is 3.02. The monoisotopic (exact) mass is 387 g/mol. The second-order valence-electron chi connectivity index (χ2n) is 4.30. The number of nitrogens with zero attached hydrogens (tertiary/aromatic N) is 4. The van der Waals surface area contributed by atoms with Gasteiger partial charge in [-0.1, -0.05) is 0 Å². The number of urea groups is 1. The van der Waals surface area contributed by atoms with Gasteiger partial charge >= 0.3 is 18.0 Å². The molecule has 134 valence electrons. The molecule has 1 N–H and O–H groups in total. The Morgan fingerprint density at radius 3 is 2.56 bits per heavy atom. The molecule has 0 saturated carbocycles. The Hall–Kier alpha value is -2.80. The van der Waals surface area contributed by atoms with Crippen LogP contribution in [0.15, 0.2) is 11.4 Å². The zero-order valence-corrected chi connectivity index (χ0v) is 15.0. The Morgan fingerprint density at radius 1 is 1.24 bits per heavy atom. The van der Waals surface area contributed by atoms with E-state index in [-0.39, 0.29) is 28.3 Å². The van der Waals surface area contributed by atoms with Crippen LogP contribution in [0.4, 0.5) is 16.4 Å². The molecule has 0 aliphatic heterocycles. The number of thiol groups is 1. The third kappa shape index (κ3) is 4.19. The van der Waals surface area contributed by atoms with Gasteiger partial charge in [-0.05, 0) is 18.4 Å². The van der Waals surface area contributed by atoms with Gasteiger partial charge in [-0.25, -0.2) is 18.0 Å². The number of thiophene rings is 1. The van der Waals surface area contributed by atoms with Crippen LogP contribution in [0.2, 0.25) is 0 Å². The summed E-state index contributed by atoms with van der Waals surface area (Å²) in [6.45, 7) is 1.54. The SMILES string of the molecule is COC(=O)c1sccc1N(C(=O)Nc1nc(C)nc(OC)n1)[SH](=O)=O. The highest BCUT2D eigenvalue weighted by molar-refractivity contribution is 7.75. The van der Waals surface area contributed by atoms with Crippen molar-refractivity contribution in [3.8, 4) is 6.01 Å². The van der Waals surface area contributed by atoms with Gasteiger partial charge in [0, 0.05) is 0 Å². The minimum Gasteiger partial charge on any atom is -0.467 e. The van der Waals surface area contributed by atoms with Crippen LogP contribution in [0.5, 0.6) is 6.01 Å². The lowest BCUT2D eigenvalue weighted by Gasteiger charge is -2.16. The molecule has 0 unspecified atom stereocenters. The van der Waals surface area contributed by atoms with Crippen LogP contribution in [0.1, 0.15) is 15.5 Å². The number of carbonyl (C=O) groups excluding carboxylic acids is 2. The molecule has 0 aliphatic carbocycles. The Kier molecular flexibility index (Phi) is 5.82. The quantitative estimate of drug-likeness (QED) is 0.557. The van der Waals surface area contributed by atoms with Crippen molar-refractivity contribution in [2.45, 2.75) is 6.92 Å². The number of aryl methyl sites for hydroxylation is 1. The first kappa shape index (κ1) is 18.5. The van der Waals surface area contributed by atoms with E-state index in [1.807, 2.05) is 0 Å². The van der Waals surface area contributed by atoms with Crippen LogP contribution in [-0.4, -0.2) is 49.6 Å². The molecular formula is C12H13N5O6S2. The van der Waals surface area contributed by atoms with Crippen molar-refractivity contribution in [3.05, 3.63) is 22.1 Å². The van der Waals surface area contributed by atoms with Crippen LogP contribution in [0.3, 0.4) is 0 Å². The molecule has 0 atom stereocenters. The number of nitrogens with one attached hydrogen (secondary N) is 1. The van der Waals surface area contributed by atoms with Crippen LogP contribution in [0.25, 0.3) is 0 Å². The first-order valence-electron chi connectivity index (χ1n) is 6.55. The summed E-state index contributed by atoms with van der Waals surface area (Å²) in [5, 5.41) is 3.68. The summed E-state index contributed by atoms with van der Waals surface area (Å²) in [7, 11) is -0.923. The first-order chi connectivity index (χ1) is 11.9. The van der Waals surface area contributed by atoms with E-state index in [2.05, 4.69) is 25.0 Å². The topological polar surface area (TPSA) is 141 Å². The van der Waals surface area contributed by atoms with Crippen molar-refractivity contribution in [1.29, 1.82) is 0 Å². The predicted molar refractivity (Wildman–Crippen MR) is 88.6 cm³/mol. The molecule has 11 nitrogen and oxygen atoms in total. The van der Waals surface area contributed by atoms with E-state index in [9.17, 15) is 18.0 Å². The molecule has 0 saturated heterocycles. The third-order valence-electron chi connectivity index (χ3n) is 2.73. The maximum absolute atomic E-state index is 12.4. The maximum atomic E-state index is 12.4. The highest BCUT2D eigenvalue weighted by Gasteiger charge is 2.26. The number of esters is 1. The number of carbonyl (C=O) groups is 2. The van der Waals surface area contributed by atoms with Crippen molar-refractivity contribution in [2.75, 3.05) is 23.8 Å². The number of ether oxygens (including phenoxy) is 2. The minimum atomic E-state index is -3.40. The summed E-state index contributed by atoms with van der Waals surface area (Å²) in [5.74, 6) is -0.714. The number of methoxy groups -OCH3 is 2. The van der Waals surface area contributed by atoms with Gasteiger partial charge in [0.15, 0.2) is 0 Å². The van der Waals surface area contributed by atoms with Crippen molar-refractivity contribution in [1.82, 2.24) is 15.0 Å². The number of anilines is 2. The molecule has 2 amide bonds. The molecule has 0 radical (unpaired) electrons. The first-order valence-corrected chi connectivity index (χ1v) is 8.56. The Balaban J connectivity index is 2.36. The van der Waals surface area contributed by atoms with Gasteiger partial charge in [-0.15, -0.1) is 11.3 Å². The predicted octanol–water partition coefficient (Wildman–Crippen LogP) is 0.602. The van der Waals surface area contributed by atoms with Crippen molar-refractivity contribution >= 4 is 45.9 Å². The van der Waals surface area contributed by atoms with Crippen LogP contribution < -0.4 is 14.4 Å². The molecule has 0 fully saturated rings. The largest absolute Gasteiger partial charge is 0.467 e. The lowest BCUT2D eigenvalue weighted by molar-refractivity contribution is 0.0607. The molecule has 2 heterocycles. The van der Waals surface area contributed by atoms with Gasteiger partial charge in [0.05, 0.1) is 19.9 Å². The maximum Gasteiger partial charge on any atom is 0.350 e. The molecule has 13 heteroatoms. The third-order valence-corrected chi connectivity index (χ3v) is 4.33. The molecule has 2 aromatic rings. The summed E-state index contributed by atoms with van der Waals surface area (Å²) in [6, 6.07) is 0.180. The summed E-state index contributed by atoms with van der Waals surface area (Å²) in [4.78, 5) is 35.6. The lowest BCUT2D eigenvalue weighted by Crippen LogP contribution is -2.35. The van der Waals surface area contributed by atoms with Crippen LogP contribution in [0, 0.1) is 6.92 Å². The van der Waals surface area contributed by atoms with Gasteiger partial charge in [0.1, 0.15) is 10.7 Å². The fraction of sp³-hybridized carbons (Fsp3) is 0.250. The standard InChI is InChI=1S/C12H13N5O6S2/c1-6-13-10(15-11(14-6)23-3)16-12(19)17(25(20)21)7-4-5-24-8(7)9(18)22-2/h4-5,25H,1-3H3,(H,13,14,15,16,19). The summed E-state index contributed by atoms with van der Waals surface area (Å²) < 4.78 is 32.9. The zero-order chi connectivity index (χ0) is 18.6. The fourth-order valence-electron chi connectivity index (χ4n) is 1.74. The number of hydrogen-bond donors (Lipinski definition) is 2. The molecular weight excluding hydrogens is 374 g/mol. The number of amides is 2. The van der Waals surface area contributed by atoms with E-state index in [4.69, 9.17) is 4.74 Å². The second kappa shape index (κ2) is 7.85. The number of aromatic nitrogens is 3. The van der Waals surface area contributed by atoms with E-state index in [1.54, 1.807) is 6.92 Å². The molecule has 0 aliphatic rings. The summed E-state index contributed by atoms with van der Waals surface area (Å²) in [6.07, 6.45) is 0. The van der Waals surface area contributed by atoms with Crippen molar-refractivity contribution in [3.63, 3.8) is 0 Å². The van der Waals surface area contributed by atoms with Gasteiger partial charge < -0.3 is 9.47 Å². The Bertz CT molecular complexity index is 873. The molecule has 25 heavy (non-hydrogen) atoms. The lowest BCUT2D eigenvalue weighted by atomic mass is 10.4. The van der Waals surface area contributed by atoms with Gasteiger partial charge in [-0.2, -0.15) is 19.3 Å². The molecule has 0 spiro atoms. The molecule has 0 aromatic carbocycles. The molecule has 2 aromatic heterocycles. The van der Waals surface area contributed by atoms with E-state index in [0.29, 0.717) is 4.31 Å². The van der Waals surface area contributed by atoms with Gasteiger partial charge in [-0.3, -0.25) is 5.32 Å². The highest BCUT2D eigenvalue weighted by Crippen LogP contribution is 2.28. The Labute approximate surface area is 147 Å². The van der Waals surface area contributed by atoms with Crippen LogP contribution >= 0.6 is 11.3 Å². The van der Waals surface area contributed by atoms with Gasteiger partial charge in [0.25, 0.3) is 0 Å². The molecule has 2 rings (SSSR count). The van der Waals surface area contributed by atoms with Crippen molar-refractivity contribution < 1.29 is 27.5 Å². The summed E-state index contributed by atoms with van der Waals surface area (Å²) in [5.41, 5.74) is -0.136. The van der Waals surface area contributed by atoms with Gasteiger partial charge in [0.2, 0.25) is 16.8 Å². The van der Waals surface area contributed by atoms with E-state index in [1.165, 1.54) is 18.6 Å². The van der Waals surface area contributed by atoms with Crippen LogP contribution in [-0.2, 0) is 15.6 Å². The van der Waals surface area contributed by atoms with Crippen molar-refractivity contribution in [2.24, 2.45) is 0 Å². The minimum absolute atomic E-state index is 0.0405. The summed E-state index contributed by atoms with van der Waals surface area (Å²) >= 11 is 0.935. The number of rotatable bonds is 5. The highest BCUT2D eigenvalue weighted by atomic mass is 32.2. The number of hydrogen-bond acceptors (Lipinski definition) is 10. The van der Waals surface area contributed by atoms with E-state index < -0.39 is 22.9 Å². The smallest absolute Gasteiger partial charge is 0.350 e. The Morgan fingerprint density at radius 2 is 1.96 bits per heavy atom. The zero-order valence-electron chi connectivity index (χ0n) is 13.2. The second-order valence-corrected chi connectivity index (χ2v) is 6.09. The van der Waals surface area contributed by atoms with E-state index in [0.717, 1.165) is 18.4 Å². The average molecular weight is 387 g/mol. The molecule has 0 bridgehead atoms. The van der Waals surface area contributed by atoms with E-state index >= 15 is 0 Å². The fourth-order valence-corrected chi connectivity index (χ4v) is 3.14.